The molecule has 1 aliphatic heterocycles. The van der Waals surface area contributed by atoms with E-state index in [0.717, 1.165) is 54.2 Å². The molecular weight excluding hydrogens is 492 g/mol. The zero-order valence-electron chi connectivity index (χ0n) is 21.0. The van der Waals surface area contributed by atoms with Crippen molar-refractivity contribution in [2.45, 2.75) is 37.8 Å². The van der Waals surface area contributed by atoms with Crippen LogP contribution in [0.4, 0.5) is 11.4 Å². The summed E-state index contributed by atoms with van der Waals surface area (Å²) in [6.45, 7) is 7.02. The average Bonchev–Trinajstić information content (AvgIpc) is 2.92. The zero-order valence-corrected chi connectivity index (χ0v) is 21.8. The number of para-hydroxylation sites is 2. The predicted octanol–water partition coefficient (Wildman–Crippen LogP) is 4.33. The average molecular weight is 525 g/mol. The van der Waals surface area contributed by atoms with Crippen LogP contribution in [-0.2, 0) is 16.6 Å². The van der Waals surface area contributed by atoms with E-state index in [9.17, 15) is 18.5 Å². The van der Waals surface area contributed by atoms with Gasteiger partial charge in [-0.15, -0.1) is 0 Å². The van der Waals surface area contributed by atoms with Gasteiger partial charge in [0.05, 0.1) is 11.5 Å². The second-order valence-electron chi connectivity index (χ2n) is 8.78. The molecule has 4 rings (SSSR count). The summed E-state index contributed by atoms with van der Waals surface area (Å²) >= 11 is 0. The number of piperazine rings is 1. The second kappa shape index (κ2) is 11.7. The van der Waals surface area contributed by atoms with Crippen LogP contribution in [0.3, 0.4) is 0 Å². The summed E-state index contributed by atoms with van der Waals surface area (Å²) in [5, 5.41) is 14.9. The van der Waals surface area contributed by atoms with Crippen molar-refractivity contribution in [1.29, 1.82) is 0 Å². The van der Waals surface area contributed by atoms with Crippen LogP contribution in [0.25, 0.3) is 11.1 Å². The summed E-state index contributed by atoms with van der Waals surface area (Å²) in [4.78, 5) is 12.7. The SMILES string of the molecule is CCOc1ccccc1-c1ccc(N2CCNCC2CC)c(CNS(=O)(=O)c2ccccc2[N+](=O)[O-])c1. The number of hydrogen-bond acceptors (Lipinski definition) is 7. The molecule has 0 aliphatic carbocycles. The van der Waals surface area contributed by atoms with Crippen LogP contribution >= 0.6 is 0 Å². The predicted molar refractivity (Wildman–Crippen MR) is 144 cm³/mol. The molecule has 10 heteroatoms. The Bertz CT molecular complexity index is 1360. The van der Waals surface area contributed by atoms with E-state index in [0.29, 0.717) is 6.61 Å². The third-order valence-corrected chi connectivity index (χ3v) is 7.96. The number of rotatable bonds is 10. The van der Waals surface area contributed by atoms with Crippen LogP contribution in [0.1, 0.15) is 25.8 Å². The molecule has 3 aromatic rings. The Morgan fingerprint density at radius 3 is 2.62 bits per heavy atom. The van der Waals surface area contributed by atoms with Crippen LogP contribution in [0.15, 0.2) is 71.6 Å². The van der Waals surface area contributed by atoms with Crippen molar-refractivity contribution in [1.82, 2.24) is 10.0 Å². The fourth-order valence-electron chi connectivity index (χ4n) is 4.69. The molecule has 196 valence electrons. The van der Waals surface area contributed by atoms with Gasteiger partial charge in [0.1, 0.15) is 5.75 Å². The third kappa shape index (κ3) is 5.93. The van der Waals surface area contributed by atoms with Crippen LogP contribution in [-0.4, -0.2) is 45.6 Å². The summed E-state index contributed by atoms with van der Waals surface area (Å²) in [7, 11) is -4.14. The lowest BCUT2D eigenvalue weighted by Gasteiger charge is -2.39. The number of hydrogen-bond donors (Lipinski definition) is 2. The Balaban J connectivity index is 1.74. The van der Waals surface area contributed by atoms with Crippen LogP contribution in [0.2, 0.25) is 0 Å². The summed E-state index contributed by atoms with van der Waals surface area (Å²) in [5.41, 5.74) is 3.08. The Morgan fingerprint density at radius 1 is 1.11 bits per heavy atom. The smallest absolute Gasteiger partial charge is 0.289 e. The molecule has 0 aromatic heterocycles. The molecule has 9 nitrogen and oxygen atoms in total. The maximum absolute atomic E-state index is 13.2. The molecule has 0 radical (unpaired) electrons. The summed E-state index contributed by atoms with van der Waals surface area (Å²) in [6.07, 6.45) is 0.934. The van der Waals surface area contributed by atoms with E-state index in [4.69, 9.17) is 4.74 Å². The number of sulfonamides is 1. The highest BCUT2D eigenvalue weighted by Gasteiger charge is 2.27. The summed E-state index contributed by atoms with van der Waals surface area (Å²) in [6, 6.07) is 19.4. The van der Waals surface area contributed by atoms with E-state index >= 15 is 0 Å². The van der Waals surface area contributed by atoms with Crippen LogP contribution < -0.4 is 19.7 Å². The highest BCUT2D eigenvalue weighted by atomic mass is 32.2. The molecule has 0 saturated carbocycles. The van der Waals surface area contributed by atoms with Crippen molar-refractivity contribution in [3.63, 3.8) is 0 Å². The van der Waals surface area contributed by atoms with Crippen molar-refractivity contribution in [2.75, 3.05) is 31.1 Å². The number of nitro benzene ring substituents is 1. The van der Waals surface area contributed by atoms with Crippen LogP contribution in [0, 0.1) is 10.1 Å². The van der Waals surface area contributed by atoms with Crippen molar-refractivity contribution in [3.8, 4) is 16.9 Å². The van der Waals surface area contributed by atoms with E-state index in [-0.39, 0.29) is 17.5 Å². The maximum Gasteiger partial charge on any atom is 0.289 e. The highest BCUT2D eigenvalue weighted by Crippen LogP contribution is 2.35. The van der Waals surface area contributed by atoms with Crippen molar-refractivity contribution >= 4 is 21.4 Å². The largest absolute Gasteiger partial charge is 0.493 e. The molecule has 1 heterocycles. The van der Waals surface area contributed by atoms with Gasteiger partial charge in [0.2, 0.25) is 10.0 Å². The van der Waals surface area contributed by atoms with Gasteiger partial charge in [-0.3, -0.25) is 10.1 Å². The first-order chi connectivity index (χ1) is 17.9. The standard InChI is InChI=1S/C27H32N4O5S/c1-3-22-19-28-15-16-30(22)24-14-13-20(23-9-5-7-11-26(23)36-4-2)17-21(24)18-29-37(34,35)27-12-8-6-10-25(27)31(32)33/h5-14,17,22,28-29H,3-4,15-16,18-19H2,1-2H3. The number of anilines is 1. The van der Waals surface area contributed by atoms with Crippen molar-refractivity contribution < 1.29 is 18.1 Å². The number of nitro groups is 1. The van der Waals surface area contributed by atoms with Gasteiger partial charge in [-0.2, -0.15) is 0 Å². The van der Waals surface area contributed by atoms with Gasteiger partial charge in [0, 0.05) is 49.5 Å². The molecule has 0 spiro atoms. The fourth-order valence-corrected chi connectivity index (χ4v) is 5.87. The molecular formula is C27H32N4O5S. The van der Waals surface area contributed by atoms with Crippen LogP contribution in [0.5, 0.6) is 5.75 Å². The number of nitrogens with zero attached hydrogens (tertiary/aromatic N) is 2. The minimum absolute atomic E-state index is 0.0191. The maximum atomic E-state index is 13.2. The van der Waals surface area contributed by atoms with Gasteiger partial charge in [-0.05, 0) is 48.7 Å². The lowest BCUT2D eigenvalue weighted by molar-refractivity contribution is -0.387. The first kappa shape index (κ1) is 26.6. The second-order valence-corrected chi connectivity index (χ2v) is 10.5. The Labute approximate surface area is 217 Å². The fraction of sp³-hybridized carbons (Fsp3) is 0.333. The van der Waals surface area contributed by atoms with E-state index in [1.807, 2.05) is 49.4 Å². The molecule has 1 unspecified atom stereocenters. The summed E-state index contributed by atoms with van der Waals surface area (Å²) < 4.78 is 34.8. The number of ether oxygens (including phenoxy) is 1. The van der Waals surface area contributed by atoms with E-state index in [2.05, 4.69) is 21.9 Å². The summed E-state index contributed by atoms with van der Waals surface area (Å²) in [5.74, 6) is 0.748. The molecule has 0 bridgehead atoms. The topological polar surface area (TPSA) is 114 Å². The molecule has 1 saturated heterocycles. The minimum atomic E-state index is -4.14. The highest BCUT2D eigenvalue weighted by molar-refractivity contribution is 7.89. The van der Waals surface area contributed by atoms with Gasteiger partial charge in [-0.25, -0.2) is 13.1 Å². The van der Waals surface area contributed by atoms with Gasteiger partial charge in [0.25, 0.3) is 5.69 Å². The first-order valence-corrected chi connectivity index (χ1v) is 13.9. The Kier molecular flexibility index (Phi) is 8.42. The number of nitrogens with one attached hydrogen (secondary N) is 2. The Hall–Kier alpha value is -3.47. The van der Waals surface area contributed by atoms with E-state index < -0.39 is 20.6 Å². The first-order valence-electron chi connectivity index (χ1n) is 12.4. The molecule has 37 heavy (non-hydrogen) atoms. The van der Waals surface area contributed by atoms with Crippen molar-refractivity contribution in [3.05, 3.63) is 82.4 Å². The monoisotopic (exact) mass is 524 g/mol. The zero-order chi connectivity index (χ0) is 26.4. The van der Waals surface area contributed by atoms with E-state index in [1.165, 1.54) is 24.3 Å². The minimum Gasteiger partial charge on any atom is -0.493 e. The van der Waals surface area contributed by atoms with Gasteiger partial charge >= 0.3 is 0 Å². The molecule has 0 amide bonds. The van der Waals surface area contributed by atoms with Gasteiger partial charge in [0.15, 0.2) is 4.90 Å². The number of benzene rings is 3. The quantitative estimate of drug-likeness (QED) is 0.300. The lowest BCUT2D eigenvalue weighted by Crippen LogP contribution is -2.51. The molecule has 3 aromatic carbocycles. The third-order valence-electron chi connectivity index (χ3n) is 6.51. The molecule has 1 aliphatic rings. The van der Waals surface area contributed by atoms with Gasteiger partial charge in [-0.1, -0.05) is 43.3 Å². The lowest BCUT2D eigenvalue weighted by atomic mass is 9.99. The normalized spacial score (nSPS) is 15.9. The molecule has 2 N–H and O–H groups in total. The molecule has 1 atom stereocenters. The Morgan fingerprint density at radius 2 is 1.86 bits per heavy atom. The van der Waals surface area contributed by atoms with Crippen molar-refractivity contribution in [2.24, 2.45) is 0 Å². The molecule has 1 fully saturated rings. The van der Waals surface area contributed by atoms with Gasteiger partial charge < -0.3 is 15.0 Å². The van der Waals surface area contributed by atoms with E-state index in [1.54, 1.807) is 0 Å².